The van der Waals surface area contributed by atoms with Gasteiger partial charge in [-0.2, -0.15) is 0 Å². The highest BCUT2D eigenvalue weighted by atomic mass is 35.5. The van der Waals surface area contributed by atoms with E-state index in [0.29, 0.717) is 18.8 Å². The molecule has 0 aliphatic carbocycles. The molecule has 5 heteroatoms. The highest BCUT2D eigenvalue weighted by Crippen LogP contribution is 2.25. The fourth-order valence-electron chi connectivity index (χ4n) is 2.33. The third-order valence-electron chi connectivity index (χ3n) is 3.50. The number of carboxylic acid groups (broad SMARTS) is 1. The number of rotatable bonds is 6. The summed E-state index contributed by atoms with van der Waals surface area (Å²) in [4.78, 5) is 11.3. The van der Waals surface area contributed by atoms with Gasteiger partial charge in [0.25, 0.3) is 0 Å². The Morgan fingerprint density at radius 2 is 1.83 bits per heavy atom. The Kier molecular flexibility index (Phi) is 5.50. The van der Waals surface area contributed by atoms with Gasteiger partial charge in [-0.3, -0.25) is 0 Å². The standard InChI is InChI=1S/C18H20ClNO3/c1-11-4-5-16(15(8-11)18(21)22)20-6-7-23-14-9-12(2)17(19)13(3)10-14/h4-5,8-10,20H,6-7H2,1-3H3,(H,21,22). The average Bonchev–Trinajstić information content (AvgIpc) is 2.50. The summed E-state index contributed by atoms with van der Waals surface area (Å²) in [5, 5.41) is 13.1. The predicted octanol–water partition coefficient (Wildman–Crippen LogP) is 4.45. The summed E-state index contributed by atoms with van der Waals surface area (Å²) in [6.45, 7) is 6.67. The number of aryl methyl sites for hydroxylation is 3. The quantitative estimate of drug-likeness (QED) is 0.766. The van der Waals surface area contributed by atoms with E-state index < -0.39 is 5.97 Å². The number of carbonyl (C=O) groups is 1. The van der Waals surface area contributed by atoms with Gasteiger partial charge in [0.05, 0.1) is 5.56 Å². The summed E-state index contributed by atoms with van der Waals surface area (Å²) in [6, 6.07) is 9.09. The number of halogens is 1. The molecule has 0 fully saturated rings. The van der Waals surface area contributed by atoms with Crippen LogP contribution in [-0.4, -0.2) is 24.2 Å². The zero-order valence-corrected chi connectivity index (χ0v) is 14.2. The van der Waals surface area contributed by atoms with Crippen LogP contribution in [0.1, 0.15) is 27.0 Å². The molecule has 4 nitrogen and oxygen atoms in total. The van der Waals surface area contributed by atoms with Crippen LogP contribution in [0.4, 0.5) is 5.69 Å². The molecule has 0 aliphatic heterocycles. The Labute approximate surface area is 141 Å². The molecule has 0 atom stereocenters. The molecule has 23 heavy (non-hydrogen) atoms. The fraction of sp³-hybridized carbons (Fsp3) is 0.278. The van der Waals surface area contributed by atoms with Gasteiger partial charge in [0.15, 0.2) is 0 Å². The average molecular weight is 334 g/mol. The van der Waals surface area contributed by atoms with Crippen molar-refractivity contribution >= 4 is 23.3 Å². The number of nitrogens with one attached hydrogen (secondary N) is 1. The van der Waals surface area contributed by atoms with Crippen molar-refractivity contribution in [2.75, 3.05) is 18.5 Å². The molecule has 0 amide bonds. The molecule has 0 aliphatic rings. The second-order valence-corrected chi connectivity index (χ2v) is 5.88. The molecule has 2 N–H and O–H groups in total. The summed E-state index contributed by atoms with van der Waals surface area (Å²) < 4.78 is 5.70. The van der Waals surface area contributed by atoms with Crippen molar-refractivity contribution in [2.24, 2.45) is 0 Å². The van der Waals surface area contributed by atoms with Crippen LogP contribution in [0.2, 0.25) is 5.02 Å². The smallest absolute Gasteiger partial charge is 0.337 e. The Morgan fingerprint density at radius 1 is 1.17 bits per heavy atom. The van der Waals surface area contributed by atoms with E-state index in [0.717, 1.165) is 27.5 Å². The van der Waals surface area contributed by atoms with Crippen LogP contribution >= 0.6 is 11.6 Å². The van der Waals surface area contributed by atoms with Crippen molar-refractivity contribution in [3.8, 4) is 5.75 Å². The van der Waals surface area contributed by atoms with Crippen molar-refractivity contribution in [3.63, 3.8) is 0 Å². The first-order valence-corrected chi connectivity index (χ1v) is 7.73. The highest BCUT2D eigenvalue weighted by molar-refractivity contribution is 6.32. The summed E-state index contributed by atoms with van der Waals surface area (Å²) in [5.41, 5.74) is 3.72. The SMILES string of the molecule is Cc1ccc(NCCOc2cc(C)c(Cl)c(C)c2)c(C(=O)O)c1. The summed E-state index contributed by atoms with van der Waals surface area (Å²) in [5.74, 6) is -0.186. The van der Waals surface area contributed by atoms with Gasteiger partial charge in [-0.15, -0.1) is 0 Å². The van der Waals surface area contributed by atoms with Crippen LogP contribution in [0.3, 0.4) is 0 Å². The van der Waals surface area contributed by atoms with E-state index in [2.05, 4.69) is 5.32 Å². The fourth-order valence-corrected chi connectivity index (χ4v) is 2.44. The van der Waals surface area contributed by atoms with Crippen LogP contribution in [0.5, 0.6) is 5.75 Å². The van der Waals surface area contributed by atoms with Gasteiger partial charge < -0.3 is 15.2 Å². The van der Waals surface area contributed by atoms with Crippen LogP contribution in [-0.2, 0) is 0 Å². The Balaban J connectivity index is 1.95. The molecule has 0 bridgehead atoms. The number of aromatic carboxylic acids is 1. The van der Waals surface area contributed by atoms with E-state index in [1.807, 2.05) is 39.0 Å². The number of anilines is 1. The Hall–Kier alpha value is -2.20. The van der Waals surface area contributed by atoms with Crippen molar-refractivity contribution in [2.45, 2.75) is 20.8 Å². The number of hydrogen-bond acceptors (Lipinski definition) is 3. The van der Waals surface area contributed by atoms with Crippen molar-refractivity contribution in [3.05, 3.63) is 57.6 Å². The molecule has 0 saturated carbocycles. The normalized spacial score (nSPS) is 10.4. The molecule has 0 radical (unpaired) electrons. The minimum atomic E-state index is -0.943. The van der Waals surface area contributed by atoms with Gasteiger partial charge >= 0.3 is 5.97 Å². The van der Waals surface area contributed by atoms with Gasteiger partial charge in [0.1, 0.15) is 12.4 Å². The predicted molar refractivity (Wildman–Crippen MR) is 93.0 cm³/mol. The lowest BCUT2D eigenvalue weighted by molar-refractivity contribution is 0.0697. The van der Waals surface area contributed by atoms with Crippen molar-refractivity contribution in [1.29, 1.82) is 0 Å². The lowest BCUT2D eigenvalue weighted by atomic mass is 10.1. The number of ether oxygens (including phenoxy) is 1. The lowest BCUT2D eigenvalue weighted by Gasteiger charge is -2.12. The summed E-state index contributed by atoms with van der Waals surface area (Å²) in [6.07, 6.45) is 0. The van der Waals surface area contributed by atoms with Crippen LogP contribution < -0.4 is 10.1 Å². The maximum atomic E-state index is 11.3. The molecule has 0 spiro atoms. The molecular weight excluding hydrogens is 314 g/mol. The van der Waals surface area contributed by atoms with E-state index in [9.17, 15) is 9.90 Å². The van der Waals surface area contributed by atoms with E-state index >= 15 is 0 Å². The molecular formula is C18H20ClNO3. The molecule has 0 heterocycles. The van der Waals surface area contributed by atoms with Gasteiger partial charge in [-0.05, 0) is 56.2 Å². The first-order valence-electron chi connectivity index (χ1n) is 7.36. The first kappa shape index (κ1) is 17.2. The zero-order chi connectivity index (χ0) is 17.0. The number of hydrogen-bond donors (Lipinski definition) is 2. The molecule has 2 rings (SSSR count). The van der Waals surface area contributed by atoms with E-state index in [-0.39, 0.29) is 5.56 Å². The molecule has 2 aromatic rings. The second-order valence-electron chi connectivity index (χ2n) is 5.50. The van der Waals surface area contributed by atoms with Crippen LogP contribution in [0, 0.1) is 20.8 Å². The molecule has 122 valence electrons. The van der Waals surface area contributed by atoms with Crippen molar-refractivity contribution in [1.82, 2.24) is 0 Å². The van der Waals surface area contributed by atoms with E-state index in [1.54, 1.807) is 12.1 Å². The van der Waals surface area contributed by atoms with Gasteiger partial charge in [-0.1, -0.05) is 23.2 Å². The lowest BCUT2D eigenvalue weighted by Crippen LogP contribution is -2.14. The molecule has 0 saturated heterocycles. The van der Waals surface area contributed by atoms with E-state index in [1.165, 1.54) is 0 Å². The first-order chi connectivity index (χ1) is 10.9. The second kappa shape index (κ2) is 7.38. The minimum absolute atomic E-state index is 0.267. The van der Waals surface area contributed by atoms with Gasteiger partial charge in [-0.25, -0.2) is 4.79 Å². The topological polar surface area (TPSA) is 58.6 Å². The maximum Gasteiger partial charge on any atom is 0.337 e. The largest absolute Gasteiger partial charge is 0.492 e. The van der Waals surface area contributed by atoms with Gasteiger partial charge in [0.2, 0.25) is 0 Å². The zero-order valence-electron chi connectivity index (χ0n) is 13.4. The number of carboxylic acids is 1. The van der Waals surface area contributed by atoms with Crippen LogP contribution in [0.25, 0.3) is 0 Å². The summed E-state index contributed by atoms with van der Waals surface area (Å²) in [7, 11) is 0. The molecule has 0 unspecified atom stereocenters. The minimum Gasteiger partial charge on any atom is -0.492 e. The number of benzene rings is 2. The monoisotopic (exact) mass is 333 g/mol. The Morgan fingerprint density at radius 3 is 2.43 bits per heavy atom. The third kappa shape index (κ3) is 4.39. The maximum absolute atomic E-state index is 11.3. The van der Waals surface area contributed by atoms with Crippen LogP contribution in [0.15, 0.2) is 30.3 Å². The molecule has 2 aromatic carbocycles. The Bertz CT molecular complexity index is 705. The van der Waals surface area contributed by atoms with E-state index in [4.69, 9.17) is 16.3 Å². The highest BCUT2D eigenvalue weighted by Gasteiger charge is 2.10. The third-order valence-corrected chi connectivity index (χ3v) is 4.10. The van der Waals surface area contributed by atoms with Gasteiger partial charge in [0, 0.05) is 17.3 Å². The summed E-state index contributed by atoms with van der Waals surface area (Å²) >= 11 is 6.13. The molecule has 0 aromatic heterocycles. The van der Waals surface area contributed by atoms with Crippen molar-refractivity contribution < 1.29 is 14.6 Å².